The summed E-state index contributed by atoms with van der Waals surface area (Å²) >= 11 is 1.63. The van der Waals surface area contributed by atoms with Crippen molar-refractivity contribution in [2.24, 2.45) is 0 Å². The van der Waals surface area contributed by atoms with E-state index in [1.54, 1.807) is 17.7 Å². The minimum Gasteiger partial charge on any atom is -0.387 e. The monoisotopic (exact) mass is 382 g/mol. The van der Waals surface area contributed by atoms with Crippen molar-refractivity contribution < 1.29 is 5.11 Å². The molecule has 1 saturated heterocycles. The number of rotatable bonds is 6. The number of nitrogens with zero attached hydrogens (tertiary/aromatic N) is 4. The number of hydrogen-bond donors (Lipinski definition) is 1. The number of aromatic nitrogens is 2. The van der Waals surface area contributed by atoms with Crippen molar-refractivity contribution >= 4 is 27.4 Å². The van der Waals surface area contributed by atoms with Gasteiger partial charge in [-0.05, 0) is 43.3 Å². The normalized spacial score (nSPS) is 20.5. The molecule has 1 aliphatic rings. The predicted octanol–water partition coefficient (Wildman–Crippen LogP) is 3.20. The molecule has 1 unspecified atom stereocenters. The molecule has 1 atom stereocenters. The summed E-state index contributed by atoms with van der Waals surface area (Å²) in [6, 6.07) is 12.6. The molecule has 0 radical (unpaired) electrons. The Morgan fingerprint density at radius 3 is 2.93 bits per heavy atom. The zero-order valence-corrected chi connectivity index (χ0v) is 16.5. The van der Waals surface area contributed by atoms with Gasteiger partial charge in [0.25, 0.3) is 0 Å². The van der Waals surface area contributed by atoms with Crippen LogP contribution in [-0.4, -0.2) is 58.8 Å². The highest BCUT2D eigenvalue weighted by atomic mass is 32.1. The topological polar surface area (TPSA) is 52.5 Å². The molecule has 4 rings (SSSR count). The van der Waals surface area contributed by atoms with Crippen molar-refractivity contribution in [3.8, 4) is 0 Å². The van der Waals surface area contributed by atoms with Crippen molar-refractivity contribution in [3.05, 3.63) is 53.7 Å². The molecule has 2 aromatic heterocycles. The lowest BCUT2D eigenvalue weighted by Gasteiger charge is -2.41. The third-order valence-corrected chi connectivity index (χ3v) is 6.11. The van der Waals surface area contributed by atoms with Gasteiger partial charge in [0.05, 0.1) is 11.0 Å². The summed E-state index contributed by atoms with van der Waals surface area (Å²) in [5, 5.41) is 14.4. The van der Waals surface area contributed by atoms with E-state index in [-0.39, 0.29) is 0 Å². The fourth-order valence-electron chi connectivity index (χ4n) is 4.00. The van der Waals surface area contributed by atoms with Gasteiger partial charge in [0, 0.05) is 26.2 Å². The molecule has 1 N–H and O–H groups in total. The van der Waals surface area contributed by atoms with Gasteiger partial charge >= 0.3 is 0 Å². The summed E-state index contributed by atoms with van der Waals surface area (Å²) < 4.78 is 0. The summed E-state index contributed by atoms with van der Waals surface area (Å²) in [6.45, 7) is 3.16. The van der Waals surface area contributed by atoms with Gasteiger partial charge in [-0.2, -0.15) is 0 Å². The average Bonchev–Trinajstić information content (AvgIpc) is 3.16. The Kier molecular flexibility index (Phi) is 5.38. The van der Waals surface area contributed by atoms with Gasteiger partial charge in [0.1, 0.15) is 17.0 Å². The molecule has 1 aliphatic heterocycles. The standard InChI is InChI=1S/C21H26N4OS/c1-24(12-8-17-6-3-2-4-7-17)14-21(26)10-5-11-25(15-21)19-18-9-13-27-20(18)23-16-22-19/h2-4,6-7,9,13,16,26H,5,8,10-12,14-15H2,1H3. The number of fused-ring (bicyclic) bond motifs is 1. The Morgan fingerprint density at radius 1 is 1.22 bits per heavy atom. The predicted molar refractivity (Wildman–Crippen MR) is 111 cm³/mol. The molecule has 0 saturated carbocycles. The molecular weight excluding hydrogens is 356 g/mol. The first-order chi connectivity index (χ1) is 13.1. The smallest absolute Gasteiger partial charge is 0.140 e. The van der Waals surface area contributed by atoms with Crippen LogP contribution in [-0.2, 0) is 6.42 Å². The van der Waals surface area contributed by atoms with Gasteiger partial charge in [-0.15, -0.1) is 11.3 Å². The van der Waals surface area contributed by atoms with E-state index in [0.29, 0.717) is 13.1 Å². The minimum absolute atomic E-state index is 0.616. The van der Waals surface area contributed by atoms with Crippen LogP contribution in [0.15, 0.2) is 48.1 Å². The molecule has 0 bridgehead atoms. The molecule has 6 heteroatoms. The van der Waals surface area contributed by atoms with Crippen LogP contribution in [0.2, 0.25) is 0 Å². The van der Waals surface area contributed by atoms with Gasteiger partial charge in [0.15, 0.2) is 0 Å². The van der Waals surface area contributed by atoms with Crippen LogP contribution < -0.4 is 4.90 Å². The van der Waals surface area contributed by atoms with E-state index < -0.39 is 5.60 Å². The molecular formula is C21H26N4OS. The fraction of sp³-hybridized carbons (Fsp3) is 0.429. The second kappa shape index (κ2) is 7.92. The molecule has 0 spiro atoms. The minimum atomic E-state index is -0.711. The van der Waals surface area contributed by atoms with Crippen LogP contribution in [0, 0.1) is 0 Å². The van der Waals surface area contributed by atoms with Crippen LogP contribution in [0.1, 0.15) is 18.4 Å². The maximum Gasteiger partial charge on any atom is 0.140 e. The first kappa shape index (κ1) is 18.3. The van der Waals surface area contributed by atoms with Crippen LogP contribution in [0.4, 0.5) is 5.82 Å². The zero-order valence-electron chi connectivity index (χ0n) is 15.7. The number of anilines is 1. The second-order valence-electron chi connectivity index (χ2n) is 7.56. The van der Waals surface area contributed by atoms with Gasteiger partial charge in [-0.25, -0.2) is 9.97 Å². The van der Waals surface area contributed by atoms with Crippen molar-refractivity contribution in [2.75, 3.05) is 38.1 Å². The Balaban J connectivity index is 1.41. The quantitative estimate of drug-likeness (QED) is 0.710. The van der Waals surface area contributed by atoms with Gasteiger partial charge in [-0.3, -0.25) is 0 Å². The lowest BCUT2D eigenvalue weighted by molar-refractivity contribution is -0.00148. The van der Waals surface area contributed by atoms with Gasteiger partial charge < -0.3 is 14.9 Å². The largest absolute Gasteiger partial charge is 0.387 e. The summed E-state index contributed by atoms with van der Waals surface area (Å²) in [5.74, 6) is 0.950. The van der Waals surface area contributed by atoms with E-state index >= 15 is 0 Å². The van der Waals surface area contributed by atoms with Crippen molar-refractivity contribution in [3.63, 3.8) is 0 Å². The summed E-state index contributed by atoms with van der Waals surface area (Å²) in [7, 11) is 2.10. The molecule has 5 nitrogen and oxygen atoms in total. The molecule has 27 heavy (non-hydrogen) atoms. The highest BCUT2D eigenvalue weighted by Crippen LogP contribution is 2.31. The second-order valence-corrected chi connectivity index (χ2v) is 8.45. The summed E-state index contributed by atoms with van der Waals surface area (Å²) in [6.07, 6.45) is 4.43. The average molecular weight is 383 g/mol. The maximum absolute atomic E-state index is 11.3. The Morgan fingerprint density at radius 2 is 2.07 bits per heavy atom. The van der Waals surface area contributed by atoms with Crippen molar-refractivity contribution in [2.45, 2.75) is 24.9 Å². The Bertz CT molecular complexity index is 884. The third kappa shape index (κ3) is 4.29. The SMILES string of the molecule is CN(CCc1ccccc1)CC1(O)CCCN(c2ncnc3sccc23)C1. The lowest BCUT2D eigenvalue weighted by Crippen LogP contribution is -2.54. The van der Waals surface area contributed by atoms with Crippen molar-refractivity contribution in [1.82, 2.24) is 14.9 Å². The number of β-amino-alcohol motifs (C(OH)–C–C–N with tert-alkyl or cyclic N) is 1. The number of thiophene rings is 1. The third-order valence-electron chi connectivity index (χ3n) is 5.28. The van der Waals surface area contributed by atoms with E-state index in [4.69, 9.17) is 0 Å². The van der Waals surface area contributed by atoms with Crippen LogP contribution in [0.3, 0.4) is 0 Å². The van der Waals surface area contributed by atoms with E-state index in [2.05, 4.69) is 62.5 Å². The number of likely N-dealkylation sites (N-methyl/N-ethyl adjacent to an activating group) is 1. The molecule has 3 heterocycles. The van der Waals surface area contributed by atoms with E-state index in [0.717, 1.165) is 48.4 Å². The lowest BCUT2D eigenvalue weighted by atomic mass is 9.92. The first-order valence-corrected chi connectivity index (χ1v) is 10.4. The maximum atomic E-state index is 11.3. The Labute approximate surface area is 164 Å². The molecule has 1 aromatic carbocycles. The highest BCUT2D eigenvalue weighted by molar-refractivity contribution is 7.16. The summed E-state index contributed by atoms with van der Waals surface area (Å²) in [5.41, 5.74) is 0.624. The van der Waals surface area contributed by atoms with Crippen LogP contribution in [0.25, 0.3) is 10.2 Å². The van der Waals surface area contributed by atoms with E-state index in [1.165, 1.54) is 5.56 Å². The van der Waals surface area contributed by atoms with E-state index in [9.17, 15) is 5.11 Å². The molecule has 0 amide bonds. The zero-order chi connectivity index (χ0) is 18.7. The van der Waals surface area contributed by atoms with E-state index in [1.807, 2.05) is 6.07 Å². The first-order valence-electron chi connectivity index (χ1n) is 9.51. The highest BCUT2D eigenvalue weighted by Gasteiger charge is 2.35. The number of aliphatic hydroxyl groups is 1. The molecule has 1 fully saturated rings. The van der Waals surface area contributed by atoms with Gasteiger partial charge in [0.2, 0.25) is 0 Å². The molecule has 0 aliphatic carbocycles. The summed E-state index contributed by atoms with van der Waals surface area (Å²) in [4.78, 5) is 14.3. The number of piperidine rings is 1. The number of hydrogen-bond acceptors (Lipinski definition) is 6. The molecule has 142 valence electrons. The fourth-order valence-corrected chi connectivity index (χ4v) is 4.72. The van der Waals surface area contributed by atoms with Gasteiger partial charge in [-0.1, -0.05) is 30.3 Å². The van der Waals surface area contributed by atoms with Crippen molar-refractivity contribution in [1.29, 1.82) is 0 Å². The molecule has 3 aromatic rings. The number of benzene rings is 1. The van der Waals surface area contributed by atoms with Crippen LogP contribution >= 0.6 is 11.3 Å². The van der Waals surface area contributed by atoms with Crippen LogP contribution in [0.5, 0.6) is 0 Å². The Hall–Kier alpha value is -2.02.